The Hall–Kier alpha value is -3.13. The van der Waals surface area contributed by atoms with Gasteiger partial charge in [0, 0.05) is 54.5 Å². The number of nitrogens with one attached hydrogen (secondary N) is 2. The highest BCUT2D eigenvalue weighted by Gasteiger charge is 2.19. The van der Waals surface area contributed by atoms with Gasteiger partial charge in [0.15, 0.2) is 0 Å². The van der Waals surface area contributed by atoms with Crippen molar-refractivity contribution in [1.82, 2.24) is 19.4 Å². The van der Waals surface area contributed by atoms with Crippen LogP contribution in [0.3, 0.4) is 0 Å². The number of rotatable bonds is 5. The van der Waals surface area contributed by atoms with E-state index in [0.717, 1.165) is 30.9 Å². The maximum Gasteiger partial charge on any atom is 0.229 e. The van der Waals surface area contributed by atoms with Gasteiger partial charge in [-0.25, -0.2) is 4.98 Å². The molecule has 1 atom stereocenters. The number of benzene rings is 2. The first-order chi connectivity index (χ1) is 16.4. The van der Waals surface area contributed by atoms with Gasteiger partial charge in [-0.15, -0.1) is 0 Å². The molecule has 0 saturated carbocycles. The van der Waals surface area contributed by atoms with Crippen LogP contribution in [0.5, 0.6) is 0 Å². The largest absolute Gasteiger partial charge is 0.381 e. The van der Waals surface area contributed by atoms with E-state index < -0.39 is 0 Å². The topological polar surface area (TPSA) is 75.1 Å². The summed E-state index contributed by atoms with van der Waals surface area (Å²) < 4.78 is 1.78. The second kappa shape index (κ2) is 9.25. The predicted molar refractivity (Wildman–Crippen MR) is 139 cm³/mol. The molecule has 9 heteroatoms. The van der Waals surface area contributed by atoms with Crippen LogP contribution in [0.25, 0.3) is 22.2 Å². The zero-order valence-electron chi connectivity index (χ0n) is 18.8. The van der Waals surface area contributed by atoms with Crippen molar-refractivity contribution >= 4 is 51.6 Å². The summed E-state index contributed by atoms with van der Waals surface area (Å²) in [5.41, 5.74) is 3.15. The van der Waals surface area contributed by atoms with E-state index in [1.807, 2.05) is 31.3 Å². The van der Waals surface area contributed by atoms with Gasteiger partial charge in [0.1, 0.15) is 5.65 Å². The molecule has 0 aliphatic carbocycles. The van der Waals surface area contributed by atoms with Crippen LogP contribution in [-0.4, -0.2) is 45.6 Å². The lowest BCUT2D eigenvalue weighted by Crippen LogP contribution is -2.23. The number of hydrogen-bond acceptors (Lipinski definition) is 6. The van der Waals surface area contributed by atoms with E-state index in [1.54, 1.807) is 29.0 Å². The number of pyridine rings is 1. The molecule has 0 amide bonds. The first kappa shape index (κ1) is 22.7. The molecule has 5 rings (SSSR count). The molecular formula is C25H24Cl2N6O. The third-order valence-corrected chi connectivity index (χ3v) is 6.68. The van der Waals surface area contributed by atoms with Gasteiger partial charge in [0.25, 0.3) is 0 Å². The van der Waals surface area contributed by atoms with E-state index in [2.05, 4.69) is 32.5 Å². The molecule has 174 valence electrons. The average Bonchev–Trinajstić information content (AvgIpc) is 3.22. The molecule has 0 radical (unpaired) electrons. The maximum absolute atomic E-state index is 13.2. The van der Waals surface area contributed by atoms with Crippen molar-refractivity contribution in [2.75, 3.05) is 30.8 Å². The van der Waals surface area contributed by atoms with Gasteiger partial charge in [0.2, 0.25) is 11.4 Å². The number of hydrogen-bond donors (Lipinski definition) is 2. The molecule has 7 nitrogen and oxygen atoms in total. The highest BCUT2D eigenvalue weighted by Crippen LogP contribution is 2.33. The Morgan fingerprint density at radius 3 is 2.41 bits per heavy atom. The lowest BCUT2D eigenvalue weighted by atomic mass is 10.1. The highest BCUT2D eigenvalue weighted by atomic mass is 35.5. The Labute approximate surface area is 207 Å². The lowest BCUT2D eigenvalue weighted by molar-refractivity contribution is 0.414. The summed E-state index contributed by atoms with van der Waals surface area (Å²) in [6.07, 6.45) is 4.38. The molecule has 0 spiro atoms. The molecule has 1 unspecified atom stereocenters. The number of likely N-dealkylation sites (N-methyl/N-ethyl adjacent to an activating group) is 1. The van der Waals surface area contributed by atoms with Crippen LogP contribution < -0.4 is 16.1 Å². The van der Waals surface area contributed by atoms with Crippen molar-refractivity contribution in [3.05, 3.63) is 75.1 Å². The molecule has 3 heterocycles. The fourth-order valence-electron chi connectivity index (χ4n) is 4.32. The Morgan fingerprint density at radius 1 is 1.03 bits per heavy atom. The zero-order chi connectivity index (χ0) is 23.8. The summed E-state index contributed by atoms with van der Waals surface area (Å²) in [7, 11) is 3.97. The normalized spacial score (nSPS) is 16.2. The molecule has 1 aliphatic heterocycles. The van der Waals surface area contributed by atoms with E-state index in [4.69, 9.17) is 23.2 Å². The number of anilines is 3. The van der Waals surface area contributed by atoms with E-state index in [-0.39, 0.29) is 5.43 Å². The maximum atomic E-state index is 13.2. The van der Waals surface area contributed by atoms with Crippen molar-refractivity contribution in [2.45, 2.75) is 12.5 Å². The molecule has 2 aromatic heterocycles. The van der Waals surface area contributed by atoms with Crippen LogP contribution in [0.1, 0.15) is 6.42 Å². The third kappa shape index (κ3) is 4.46. The van der Waals surface area contributed by atoms with E-state index in [0.29, 0.717) is 44.2 Å². The highest BCUT2D eigenvalue weighted by molar-refractivity contribution is 6.39. The second-order valence-electron chi connectivity index (χ2n) is 8.60. The van der Waals surface area contributed by atoms with Crippen LogP contribution in [-0.2, 0) is 7.05 Å². The van der Waals surface area contributed by atoms with Gasteiger partial charge in [-0.05, 0) is 56.4 Å². The molecule has 34 heavy (non-hydrogen) atoms. The molecular weight excluding hydrogens is 471 g/mol. The number of halogens is 2. The Bertz CT molecular complexity index is 1400. The van der Waals surface area contributed by atoms with Crippen LogP contribution in [0.15, 0.2) is 59.7 Å². The quantitative estimate of drug-likeness (QED) is 0.399. The molecule has 2 N–H and O–H groups in total. The molecule has 1 aliphatic rings. The Morgan fingerprint density at radius 2 is 1.74 bits per heavy atom. The Kier molecular flexibility index (Phi) is 6.16. The molecule has 1 saturated heterocycles. The number of aryl methyl sites for hydroxylation is 1. The summed E-state index contributed by atoms with van der Waals surface area (Å²) in [6.45, 7) is 2.17. The van der Waals surface area contributed by atoms with Crippen molar-refractivity contribution in [1.29, 1.82) is 0 Å². The van der Waals surface area contributed by atoms with E-state index in [9.17, 15) is 4.79 Å². The van der Waals surface area contributed by atoms with E-state index in [1.165, 1.54) is 6.20 Å². The van der Waals surface area contributed by atoms with Crippen molar-refractivity contribution in [2.24, 2.45) is 7.05 Å². The van der Waals surface area contributed by atoms with E-state index >= 15 is 0 Å². The average molecular weight is 495 g/mol. The monoisotopic (exact) mass is 494 g/mol. The minimum Gasteiger partial charge on any atom is -0.381 e. The molecule has 1 fully saturated rings. The Balaban J connectivity index is 1.40. The van der Waals surface area contributed by atoms with Crippen LogP contribution in [0, 0.1) is 0 Å². The number of likely N-dealkylation sites (tertiary alicyclic amines) is 1. The minimum absolute atomic E-state index is 0.220. The number of aromatic nitrogens is 3. The first-order valence-electron chi connectivity index (χ1n) is 11.0. The van der Waals surface area contributed by atoms with Crippen molar-refractivity contribution < 1.29 is 0 Å². The second-order valence-corrected chi connectivity index (χ2v) is 9.42. The fourth-order valence-corrected chi connectivity index (χ4v) is 4.92. The zero-order valence-corrected chi connectivity index (χ0v) is 20.4. The minimum atomic E-state index is -0.220. The SMILES string of the molecule is CN1CCC(Nc2ccc(Nc3ncc4c(=O)c(-c5c(Cl)cccc5Cl)cn(C)c4n3)cc2)C1. The van der Waals surface area contributed by atoms with Gasteiger partial charge in [-0.2, -0.15) is 4.98 Å². The summed E-state index contributed by atoms with van der Waals surface area (Å²) in [6, 6.07) is 13.7. The predicted octanol–water partition coefficient (Wildman–Crippen LogP) is 5.16. The fraction of sp³-hybridized carbons (Fsp3) is 0.240. The van der Waals surface area contributed by atoms with Crippen LogP contribution in [0.4, 0.5) is 17.3 Å². The van der Waals surface area contributed by atoms with Gasteiger partial charge < -0.3 is 20.1 Å². The molecule has 4 aromatic rings. The van der Waals surface area contributed by atoms with Crippen LogP contribution >= 0.6 is 23.2 Å². The summed E-state index contributed by atoms with van der Waals surface area (Å²) in [5, 5.41) is 8.02. The van der Waals surface area contributed by atoms with Crippen LogP contribution in [0.2, 0.25) is 10.0 Å². The summed E-state index contributed by atoms with van der Waals surface area (Å²) >= 11 is 12.7. The smallest absolute Gasteiger partial charge is 0.229 e. The van der Waals surface area contributed by atoms with Gasteiger partial charge in [-0.3, -0.25) is 4.79 Å². The van der Waals surface area contributed by atoms with Gasteiger partial charge in [0.05, 0.1) is 15.4 Å². The standard InChI is InChI=1S/C25H24Cl2N6O/c1-32-11-10-17(13-32)29-15-6-8-16(9-7-15)30-25-28-12-18-23(34)19(14-33(2)24(18)31-25)22-20(26)4-3-5-21(22)27/h3-9,12,14,17,29H,10-11,13H2,1-2H3,(H,28,30,31). The molecule has 2 aromatic carbocycles. The first-order valence-corrected chi connectivity index (χ1v) is 11.8. The third-order valence-electron chi connectivity index (χ3n) is 6.05. The summed E-state index contributed by atoms with van der Waals surface area (Å²) in [5.74, 6) is 0.407. The number of nitrogens with zero attached hydrogens (tertiary/aromatic N) is 4. The van der Waals surface area contributed by atoms with Gasteiger partial charge in [-0.1, -0.05) is 29.3 Å². The summed E-state index contributed by atoms with van der Waals surface area (Å²) in [4.78, 5) is 24.5. The van der Waals surface area contributed by atoms with Gasteiger partial charge >= 0.3 is 0 Å². The van der Waals surface area contributed by atoms with Crippen molar-refractivity contribution in [3.8, 4) is 11.1 Å². The molecule has 0 bridgehead atoms. The number of fused-ring (bicyclic) bond motifs is 1. The lowest BCUT2D eigenvalue weighted by Gasteiger charge is -2.15. The van der Waals surface area contributed by atoms with Crippen molar-refractivity contribution in [3.63, 3.8) is 0 Å².